The summed E-state index contributed by atoms with van der Waals surface area (Å²) in [5.41, 5.74) is 4.43. The zero-order valence-electron chi connectivity index (χ0n) is 12.8. The molecule has 0 aliphatic heterocycles. The van der Waals surface area contributed by atoms with Crippen molar-refractivity contribution in [3.05, 3.63) is 48.2 Å². The molecular formula is C19H18N2O2. The smallest absolute Gasteiger partial charge is 0.307 e. The molecule has 1 N–H and O–H groups in total. The molecule has 1 fully saturated rings. The van der Waals surface area contributed by atoms with Crippen LogP contribution in [-0.2, 0) is 0 Å². The minimum absolute atomic E-state index is 0.289. The van der Waals surface area contributed by atoms with Crippen LogP contribution in [0.1, 0.15) is 42.7 Å². The maximum atomic E-state index is 12.3. The number of carbonyl (C=O) groups is 1. The van der Waals surface area contributed by atoms with Gasteiger partial charge in [0.1, 0.15) is 5.58 Å². The van der Waals surface area contributed by atoms with Crippen LogP contribution >= 0.6 is 0 Å². The molecule has 0 radical (unpaired) electrons. The number of nitrogens with zero attached hydrogens (tertiary/aromatic N) is 1. The van der Waals surface area contributed by atoms with E-state index in [0.717, 1.165) is 53.1 Å². The van der Waals surface area contributed by atoms with Gasteiger partial charge in [-0.25, -0.2) is 5.43 Å². The standard InChI is InChI=1S/C19H18N2O2/c22-19(21-20-14-7-2-1-3-8-14)18-12-16-15-9-5-4-6-13(15)10-11-17(16)23-18/h4-6,9-12H,1-3,7-8H2,(H,21,22). The van der Waals surface area contributed by atoms with Gasteiger partial charge in [0.05, 0.1) is 0 Å². The van der Waals surface area contributed by atoms with Gasteiger partial charge >= 0.3 is 5.91 Å². The summed E-state index contributed by atoms with van der Waals surface area (Å²) in [6, 6.07) is 13.8. The predicted molar refractivity (Wildman–Crippen MR) is 91.7 cm³/mol. The fraction of sp³-hybridized carbons (Fsp3) is 0.263. The molecule has 2 aromatic carbocycles. The van der Waals surface area contributed by atoms with Crippen LogP contribution in [0.15, 0.2) is 52.0 Å². The summed E-state index contributed by atoms with van der Waals surface area (Å²) < 4.78 is 5.70. The molecule has 0 atom stereocenters. The molecule has 0 unspecified atom stereocenters. The summed E-state index contributed by atoms with van der Waals surface area (Å²) in [4.78, 5) is 12.3. The quantitative estimate of drug-likeness (QED) is 0.701. The van der Waals surface area contributed by atoms with Crippen molar-refractivity contribution in [1.82, 2.24) is 5.43 Å². The maximum absolute atomic E-state index is 12.3. The number of furan rings is 1. The Morgan fingerprint density at radius 3 is 2.70 bits per heavy atom. The van der Waals surface area contributed by atoms with Crippen molar-refractivity contribution >= 4 is 33.4 Å². The SMILES string of the molecule is O=C(NN=C1CCCCC1)c1cc2c(ccc3ccccc32)o1. The topological polar surface area (TPSA) is 54.6 Å². The molecule has 1 saturated carbocycles. The third kappa shape index (κ3) is 2.72. The highest BCUT2D eigenvalue weighted by atomic mass is 16.3. The molecule has 1 heterocycles. The van der Waals surface area contributed by atoms with Gasteiger partial charge in [0.25, 0.3) is 0 Å². The third-order valence-corrected chi connectivity index (χ3v) is 4.40. The number of carbonyl (C=O) groups excluding carboxylic acids is 1. The molecule has 1 aliphatic rings. The minimum atomic E-state index is -0.289. The van der Waals surface area contributed by atoms with E-state index in [1.54, 1.807) is 6.07 Å². The van der Waals surface area contributed by atoms with Crippen LogP contribution in [0.5, 0.6) is 0 Å². The fourth-order valence-electron chi connectivity index (χ4n) is 3.16. The Balaban J connectivity index is 1.63. The van der Waals surface area contributed by atoms with E-state index in [4.69, 9.17) is 4.42 Å². The van der Waals surface area contributed by atoms with Crippen LogP contribution in [-0.4, -0.2) is 11.6 Å². The van der Waals surface area contributed by atoms with E-state index in [1.807, 2.05) is 30.3 Å². The minimum Gasteiger partial charge on any atom is -0.451 e. The molecule has 3 aromatic rings. The van der Waals surface area contributed by atoms with E-state index in [1.165, 1.54) is 6.42 Å². The third-order valence-electron chi connectivity index (χ3n) is 4.40. The zero-order valence-corrected chi connectivity index (χ0v) is 12.8. The number of benzene rings is 2. The van der Waals surface area contributed by atoms with E-state index in [0.29, 0.717) is 5.76 Å². The van der Waals surface area contributed by atoms with E-state index < -0.39 is 0 Å². The molecule has 0 saturated heterocycles. The number of hydrogen-bond donors (Lipinski definition) is 1. The average Bonchev–Trinajstić information content (AvgIpc) is 3.05. The molecule has 0 spiro atoms. The van der Waals surface area contributed by atoms with Crippen molar-refractivity contribution in [2.24, 2.45) is 5.10 Å². The van der Waals surface area contributed by atoms with Gasteiger partial charge in [-0.15, -0.1) is 0 Å². The van der Waals surface area contributed by atoms with E-state index >= 15 is 0 Å². The number of fused-ring (bicyclic) bond motifs is 3. The van der Waals surface area contributed by atoms with Crippen molar-refractivity contribution in [2.45, 2.75) is 32.1 Å². The Kier molecular flexibility index (Phi) is 3.58. The van der Waals surface area contributed by atoms with Gasteiger partial charge in [-0.2, -0.15) is 5.10 Å². The molecule has 0 bridgehead atoms. The summed E-state index contributed by atoms with van der Waals surface area (Å²) in [6.45, 7) is 0. The highest BCUT2D eigenvalue weighted by Gasteiger charge is 2.14. The molecule has 4 rings (SSSR count). The summed E-state index contributed by atoms with van der Waals surface area (Å²) >= 11 is 0. The lowest BCUT2D eigenvalue weighted by Gasteiger charge is -2.11. The molecule has 4 nitrogen and oxygen atoms in total. The average molecular weight is 306 g/mol. The van der Waals surface area contributed by atoms with Crippen molar-refractivity contribution < 1.29 is 9.21 Å². The number of rotatable bonds is 2. The van der Waals surface area contributed by atoms with Gasteiger partial charge < -0.3 is 4.42 Å². The van der Waals surface area contributed by atoms with E-state index in [2.05, 4.69) is 16.6 Å². The number of nitrogens with one attached hydrogen (secondary N) is 1. The largest absolute Gasteiger partial charge is 0.451 e. The molecule has 23 heavy (non-hydrogen) atoms. The number of amides is 1. The van der Waals surface area contributed by atoms with Crippen LogP contribution in [0.25, 0.3) is 21.7 Å². The van der Waals surface area contributed by atoms with Crippen LogP contribution in [0, 0.1) is 0 Å². The van der Waals surface area contributed by atoms with Gasteiger partial charge in [0.2, 0.25) is 0 Å². The Bertz CT molecular complexity index is 900. The van der Waals surface area contributed by atoms with Gasteiger partial charge in [0.15, 0.2) is 5.76 Å². The van der Waals surface area contributed by atoms with E-state index in [9.17, 15) is 4.79 Å². The summed E-state index contributed by atoms with van der Waals surface area (Å²) in [6.07, 6.45) is 5.52. The normalized spacial score (nSPS) is 15.0. The second-order valence-electron chi connectivity index (χ2n) is 5.99. The molecule has 1 aliphatic carbocycles. The first kappa shape index (κ1) is 14.0. The summed E-state index contributed by atoms with van der Waals surface area (Å²) in [5.74, 6) is 0.0138. The Labute approximate surface area is 134 Å². The molecular weight excluding hydrogens is 288 g/mol. The Morgan fingerprint density at radius 1 is 1.00 bits per heavy atom. The second kappa shape index (κ2) is 5.88. The van der Waals surface area contributed by atoms with Gasteiger partial charge in [0, 0.05) is 11.1 Å². The molecule has 1 aromatic heterocycles. The first-order chi connectivity index (χ1) is 11.3. The molecule has 4 heteroatoms. The lowest BCUT2D eigenvalue weighted by atomic mass is 9.99. The Hall–Kier alpha value is -2.62. The van der Waals surface area contributed by atoms with Crippen molar-refractivity contribution in [3.63, 3.8) is 0 Å². The lowest BCUT2D eigenvalue weighted by molar-refractivity contribution is 0.0929. The molecule has 116 valence electrons. The van der Waals surface area contributed by atoms with Gasteiger partial charge in [-0.3, -0.25) is 4.79 Å². The first-order valence-electron chi connectivity index (χ1n) is 8.08. The molecule has 1 amide bonds. The highest BCUT2D eigenvalue weighted by Crippen LogP contribution is 2.28. The fourth-order valence-corrected chi connectivity index (χ4v) is 3.16. The number of hydrogen-bond acceptors (Lipinski definition) is 3. The second-order valence-corrected chi connectivity index (χ2v) is 5.99. The van der Waals surface area contributed by atoms with Gasteiger partial charge in [-0.1, -0.05) is 36.8 Å². The predicted octanol–water partition coefficient (Wildman–Crippen LogP) is 4.64. The summed E-state index contributed by atoms with van der Waals surface area (Å²) in [7, 11) is 0. The highest BCUT2D eigenvalue weighted by molar-refractivity contribution is 6.08. The number of hydrazone groups is 1. The van der Waals surface area contributed by atoms with Crippen LogP contribution < -0.4 is 5.43 Å². The van der Waals surface area contributed by atoms with Crippen molar-refractivity contribution in [2.75, 3.05) is 0 Å². The maximum Gasteiger partial charge on any atom is 0.307 e. The van der Waals surface area contributed by atoms with Gasteiger partial charge in [-0.05, 0) is 48.6 Å². The van der Waals surface area contributed by atoms with Crippen LogP contribution in [0.2, 0.25) is 0 Å². The van der Waals surface area contributed by atoms with E-state index in [-0.39, 0.29) is 5.91 Å². The summed E-state index contributed by atoms with van der Waals surface area (Å²) in [5, 5.41) is 7.43. The van der Waals surface area contributed by atoms with Crippen molar-refractivity contribution in [3.8, 4) is 0 Å². The van der Waals surface area contributed by atoms with Crippen LogP contribution in [0.3, 0.4) is 0 Å². The monoisotopic (exact) mass is 306 g/mol. The van der Waals surface area contributed by atoms with Crippen molar-refractivity contribution in [1.29, 1.82) is 0 Å². The lowest BCUT2D eigenvalue weighted by Crippen LogP contribution is -2.20. The Morgan fingerprint density at radius 2 is 1.83 bits per heavy atom. The van der Waals surface area contributed by atoms with Crippen LogP contribution in [0.4, 0.5) is 0 Å². The zero-order chi connectivity index (χ0) is 15.6. The first-order valence-corrected chi connectivity index (χ1v) is 8.08.